The van der Waals surface area contributed by atoms with E-state index in [9.17, 15) is 9.59 Å². The van der Waals surface area contributed by atoms with E-state index in [0.29, 0.717) is 23.7 Å². The maximum absolute atomic E-state index is 12.5. The molecule has 3 aromatic carbocycles. The predicted octanol–water partition coefficient (Wildman–Crippen LogP) is 4.76. The summed E-state index contributed by atoms with van der Waals surface area (Å²) < 4.78 is 11.2. The van der Waals surface area contributed by atoms with E-state index >= 15 is 0 Å². The van der Waals surface area contributed by atoms with Gasteiger partial charge in [-0.25, -0.2) is 0 Å². The highest BCUT2D eigenvalue weighted by molar-refractivity contribution is 5.97. The minimum atomic E-state index is -0.466. The van der Waals surface area contributed by atoms with Crippen LogP contribution in [-0.4, -0.2) is 25.0 Å². The van der Waals surface area contributed by atoms with Crippen molar-refractivity contribution < 1.29 is 19.1 Å². The van der Waals surface area contributed by atoms with E-state index in [1.54, 1.807) is 36.4 Å². The van der Waals surface area contributed by atoms with Crippen LogP contribution in [0.4, 0.5) is 0 Å². The summed E-state index contributed by atoms with van der Waals surface area (Å²) >= 11 is 0. The largest absolute Gasteiger partial charge is 0.493 e. The third kappa shape index (κ3) is 6.87. The van der Waals surface area contributed by atoms with Gasteiger partial charge in [0, 0.05) is 0 Å². The summed E-state index contributed by atoms with van der Waals surface area (Å²) in [6, 6.07) is 24.4. The second-order valence-electron chi connectivity index (χ2n) is 7.23. The predicted molar refractivity (Wildman–Crippen MR) is 124 cm³/mol. The SMILES string of the molecule is CCCCCOc1ccccc1C(=O)NNC(=O)COc1ccc(-c2ccccc2)cc1. The highest BCUT2D eigenvalue weighted by Crippen LogP contribution is 2.22. The minimum absolute atomic E-state index is 0.222. The van der Waals surface area contributed by atoms with Gasteiger partial charge in [0.25, 0.3) is 11.8 Å². The lowest BCUT2D eigenvalue weighted by Crippen LogP contribution is -2.43. The Morgan fingerprint density at radius 3 is 2.19 bits per heavy atom. The highest BCUT2D eigenvalue weighted by atomic mass is 16.5. The number of nitrogens with one attached hydrogen (secondary N) is 2. The Bertz CT molecular complexity index is 1000. The van der Waals surface area contributed by atoms with E-state index in [-0.39, 0.29) is 6.61 Å². The van der Waals surface area contributed by atoms with Gasteiger partial charge in [-0.15, -0.1) is 0 Å². The number of para-hydroxylation sites is 1. The summed E-state index contributed by atoms with van der Waals surface area (Å²) in [5, 5.41) is 0. The van der Waals surface area contributed by atoms with Crippen molar-refractivity contribution in [3.8, 4) is 22.6 Å². The molecule has 0 unspecified atom stereocenters. The second-order valence-corrected chi connectivity index (χ2v) is 7.23. The molecule has 32 heavy (non-hydrogen) atoms. The molecule has 0 aliphatic carbocycles. The van der Waals surface area contributed by atoms with Crippen molar-refractivity contribution in [2.24, 2.45) is 0 Å². The van der Waals surface area contributed by atoms with Crippen molar-refractivity contribution in [2.45, 2.75) is 26.2 Å². The van der Waals surface area contributed by atoms with E-state index in [4.69, 9.17) is 9.47 Å². The van der Waals surface area contributed by atoms with Gasteiger partial charge in [-0.1, -0.05) is 74.4 Å². The lowest BCUT2D eigenvalue weighted by atomic mass is 10.1. The van der Waals surface area contributed by atoms with E-state index in [0.717, 1.165) is 30.4 Å². The molecule has 166 valence electrons. The molecule has 0 bridgehead atoms. The van der Waals surface area contributed by atoms with Crippen LogP contribution < -0.4 is 20.3 Å². The van der Waals surface area contributed by atoms with Crippen LogP contribution in [0.2, 0.25) is 0 Å². The van der Waals surface area contributed by atoms with Crippen LogP contribution in [0.5, 0.6) is 11.5 Å². The molecule has 0 spiro atoms. The Balaban J connectivity index is 1.45. The first-order valence-corrected chi connectivity index (χ1v) is 10.8. The maximum atomic E-state index is 12.5. The molecule has 0 fully saturated rings. The van der Waals surface area contributed by atoms with Crippen LogP contribution in [0.1, 0.15) is 36.5 Å². The zero-order chi connectivity index (χ0) is 22.6. The molecule has 0 saturated carbocycles. The topological polar surface area (TPSA) is 76.7 Å². The lowest BCUT2D eigenvalue weighted by Gasteiger charge is -2.12. The Morgan fingerprint density at radius 1 is 0.750 bits per heavy atom. The highest BCUT2D eigenvalue weighted by Gasteiger charge is 2.13. The average Bonchev–Trinajstić information content (AvgIpc) is 2.85. The first-order valence-electron chi connectivity index (χ1n) is 10.8. The Hall–Kier alpha value is -3.80. The molecule has 0 saturated heterocycles. The molecule has 0 aliphatic heterocycles. The molecule has 0 aromatic heterocycles. The normalized spacial score (nSPS) is 10.3. The third-order valence-electron chi connectivity index (χ3n) is 4.78. The van der Waals surface area contributed by atoms with E-state index in [1.807, 2.05) is 42.5 Å². The van der Waals surface area contributed by atoms with Gasteiger partial charge in [-0.2, -0.15) is 0 Å². The molecule has 2 amide bonds. The Labute approximate surface area is 188 Å². The van der Waals surface area contributed by atoms with Gasteiger partial charge in [0.2, 0.25) is 0 Å². The number of hydrogen-bond acceptors (Lipinski definition) is 4. The number of unbranched alkanes of at least 4 members (excludes halogenated alkanes) is 2. The lowest BCUT2D eigenvalue weighted by molar-refractivity contribution is -0.123. The fourth-order valence-corrected chi connectivity index (χ4v) is 3.07. The fraction of sp³-hybridized carbons (Fsp3) is 0.231. The average molecular weight is 433 g/mol. The van der Waals surface area contributed by atoms with Crippen molar-refractivity contribution in [2.75, 3.05) is 13.2 Å². The summed E-state index contributed by atoms with van der Waals surface area (Å²) in [6.45, 7) is 2.44. The van der Waals surface area contributed by atoms with Crippen LogP contribution in [0, 0.1) is 0 Å². The summed E-state index contributed by atoms with van der Waals surface area (Å²) in [7, 11) is 0. The van der Waals surface area contributed by atoms with Gasteiger partial charge in [-0.05, 0) is 41.8 Å². The number of amides is 2. The standard InChI is InChI=1S/C26H28N2O4/c1-2-3-9-18-31-24-13-8-7-12-23(24)26(30)28-27-25(29)19-32-22-16-14-21(15-17-22)20-10-5-4-6-11-20/h4-8,10-17H,2-3,9,18-19H2,1H3,(H,27,29)(H,28,30). The number of carbonyl (C=O) groups excluding carboxylic acids is 2. The van der Waals surface area contributed by atoms with Crippen LogP contribution in [0.15, 0.2) is 78.9 Å². The number of hydrogen-bond donors (Lipinski definition) is 2. The van der Waals surface area contributed by atoms with Crippen molar-refractivity contribution in [3.63, 3.8) is 0 Å². The van der Waals surface area contributed by atoms with Crippen molar-refractivity contribution in [3.05, 3.63) is 84.4 Å². The van der Waals surface area contributed by atoms with Gasteiger partial charge in [-0.3, -0.25) is 20.4 Å². The van der Waals surface area contributed by atoms with Crippen LogP contribution in [0.3, 0.4) is 0 Å². The molecule has 3 rings (SSSR count). The van der Waals surface area contributed by atoms with Crippen LogP contribution in [-0.2, 0) is 4.79 Å². The summed E-state index contributed by atoms with van der Waals surface area (Å²) in [5.41, 5.74) is 7.31. The number of benzene rings is 3. The third-order valence-corrected chi connectivity index (χ3v) is 4.78. The first kappa shape index (κ1) is 22.9. The van der Waals surface area contributed by atoms with E-state index < -0.39 is 11.8 Å². The van der Waals surface area contributed by atoms with Gasteiger partial charge in [0.05, 0.1) is 12.2 Å². The van der Waals surface area contributed by atoms with E-state index in [2.05, 4.69) is 17.8 Å². The molecule has 0 atom stereocenters. The van der Waals surface area contributed by atoms with Crippen LogP contribution >= 0.6 is 0 Å². The zero-order valence-corrected chi connectivity index (χ0v) is 18.2. The van der Waals surface area contributed by atoms with E-state index in [1.165, 1.54) is 0 Å². The monoisotopic (exact) mass is 432 g/mol. The van der Waals surface area contributed by atoms with Crippen molar-refractivity contribution >= 4 is 11.8 Å². The van der Waals surface area contributed by atoms with Crippen molar-refractivity contribution in [1.82, 2.24) is 10.9 Å². The summed E-state index contributed by atoms with van der Waals surface area (Å²) in [4.78, 5) is 24.5. The molecular weight excluding hydrogens is 404 g/mol. The molecule has 0 heterocycles. The molecule has 0 radical (unpaired) electrons. The van der Waals surface area contributed by atoms with Gasteiger partial charge in [0.15, 0.2) is 6.61 Å². The summed E-state index contributed by atoms with van der Waals surface area (Å²) in [6.07, 6.45) is 3.09. The maximum Gasteiger partial charge on any atom is 0.276 e. The Morgan fingerprint density at radius 2 is 1.44 bits per heavy atom. The van der Waals surface area contributed by atoms with Gasteiger partial charge in [0.1, 0.15) is 11.5 Å². The molecule has 0 aliphatic rings. The molecule has 2 N–H and O–H groups in total. The molecular formula is C26H28N2O4. The molecule has 6 heteroatoms. The molecule has 3 aromatic rings. The minimum Gasteiger partial charge on any atom is -0.493 e. The quantitative estimate of drug-likeness (QED) is 0.358. The molecule has 6 nitrogen and oxygen atoms in total. The summed E-state index contributed by atoms with van der Waals surface area (Å²) in [5.74, 6) is 0.144. The zero-order valence-electron chi connectivity index (χ0n) is 18.2. The first-order chi connectivity index (χ1) is 15.7. The van der Waals surface area contributed by atoms with Gasteiger partial charge < -0.3 is 9.47 Å². The Kier molecular flexibility index (Phi) is 8.69. The number of hydrazine groups is 1. The smallest absolute Gasteiger partial charge is 0.276 e. The second kappa shape index (κ2) is 12.2. The number of ether oxygens (including phenoxy) is 2. The number of rotatable bonds is 10. The number of carbonyl (C=O) groups is 2. The fourth-order valence-electron chi connectivity index (χ4n) is 3.07. The van der Waals surface area contributed by atoms with Gasteiger partial charge >= 0.3 is 0 Å². The van der Waals surface area contributed by atoms with Crippen molar-refractivity contribution in [1.29, 1.82) is 0 Å². The van der Waals surface area contributed by atoms with Crippen LogP contribution in [0.25, 0.3) is 11.1 Å².